The SMILES string of the molecule is C=CC(=O)N1[C@H](C)CN(c2nc(=O)n3c4c2cc(Cl)c(-c2c(F)cccc2C=O)[n+]4C(C)c2nccc(C)c2-3)C[C@H]1C. The van der Waals surface area contributed by atoms with Gasteiger partial charge in [-0.3, -0.25) is 14.6 Å². The van der Waals surface area contributed by atoms with Crippen molar-refractivity contribution in [2.45, 2.75) is 45.8 Å². The minimum atomic E-state index is -0.617. The minimum absolute atomic E-state index is 0.0403. The smallest absolute Gasteiger partial charge is 0.352 e. The summed E-state index contributed by atoms with van der Waals surface area (Å²) in [7, 11) is 0. The van der Waals surface area contributed by atoms with Crippen LogP contribution < -0.4 is 15.2 Å². The highest BCUT2D eigenvalue weighted by molar-refractivity contribution is 6.33. The van der Waals surface area contributed by atoms with Gasteiger partial charge < -0.3 is 9.80 Å². The van der Waals surface area contributed by atoms with E-state index in [-0.39, 0.29) is 39.8 Å². The van der Waals surface area contributed by atoms with Gasteiger partial charge in [0, 0.05) is 42.5 Å². The number of aryl methyl sites for hydroxylation is 1. The third-order valence-electron chi connectivity index (χ3n) is 8.27. The van der Waals surface area contributed by atoms with Gasteiger partial charge in [-0.2, -0.15) is 4.98 Å². The highest BCUT2D eigenvalue weighted by atomic mass is 35.5. The van der Waals surface area contributed by atoms with Crippen molar-refractivity contribution in [2.24, 2.45) is 0 Å². The van der Waals surface area contributed by atoms with E-state index in [2.05, 4.69) is 16.5 Å². The average Bonchev–Trinajstić information content (AvgIpc) is 2.95. The number of pyridine rings is 2. The van der Waals surface area contributed by atoms with Crippen LogP contribution >= 0.6 is 11.6 Å². The molecule has 0 saturated carbocycles. The summed E-state index contributed by atoms with van der Waals surface area (Å²) in [6.45, 7) is 12.2. The van der Waals surface area contributed by atoms with Crippen LogP contribution in [0.1, 0.15) is 48.4 Å². The molecule has 6 rings (SSSR count). The first-order valence-electron chi connectivity index (χ1n) is 13.7. The Morgan fingerprint density at radius 1 is 1.19 bits per heavy atom. The van der Waals surface area contributed by atoms with Gasteiger partial charge in [0.2, 0.25) is 5.91 Å². The Bertz CT molecular complexity index is 1880. The van der Waals surface area contributed by atoms with Crippen LogP contribution in [0.25, 0.3) is 28.0 Å². The highest BCUT2D eigenvalue weighted by Crippen LogP contribution is 2.39. The molecule has 3 aromatic heterocycles. The number of carbonyl (C=O) groups is 2. The van der Waals surface area contributed by atoms with E-state index in [0.717, 1.165) is 5.56 Å². The normalized spacial score (nSPS) is 19.5. The molecule has 214 valence electrons. The number of fused-ring (bicyclic) bond motifs is 2. The lowest BCUT2D eigenvalue weighted by molar-refractivity contribution is -0.679. The molecule has 3 atom stereocenters. The molecule has 9 nitrogen and oxygen atoms in total. The number of carbonyl (C=O) groups excluding carboxylic acids is 2. The minimum Gasteiger partial charge on any atom is -0.352 e. The zero-order chi connectivity index (χ0) is 30.0. The number of piperazine rings is 1. The molecule has 0 radical (unpaired) electrons. The summed E-state index contributed by atoms with van der Waals surface area (Å²) in [5.74, 6) is -0.361. The van der Waals surface area contributed by atoms with Gasteiger partial charge in [0.05, 0.1) is 10.6 Å². The third-order valence-corrected chi connectivity index (χ3v) is 8.56. The Morgan fingerprint density at radius 3 is 2.57 bits per heavy atom. The molecule has 1 aromatic carbocycles. The lowest BCUT2D eigenvalue weighted by Gasteiger charge is -2.44. The van der Waals surface area contributed by atoms with Gasteiger partial charge in [-0.05, 0) is 52.0 Å². The zero-order valence-electron chi connectivity index (χ0n) is 23.6. The zero-order valence-corrected chi connectivity index (χ0v) is 24.4. The van der Waals surface area contributed by atoms with Gasteiger partial charge in [-0.15, -0.1) is 4.57 Å². The van der Waals surface area contributed by atoms with Gasteiger partial charge in [-0.25, -0.2) is 13.8 Å². The largest absolute Gasteiger partial charge is 0.442 e. The number of hydrogen-bond acceptors (Lipinski definition) is 6. The summed E-state index contributed by atoms with van der Waals surface area (Å²) < 4.78 is 18.8. The number of aromatic nitrogens is 4. The molecule has 42 heavy (non-hydrogen) atoms. The van der Waals surface area contributed by atoms with E-state index in [0.29, 0.717) is 47.6 Å². The van der Waals surface area contributed by atoms with E-state index in [4.69, 9.17) is 11.6 Å². The van der Waals surface area contributed by atoms with E-state index < -0.39 is 17.5 Å². The quantitative estimate of drug-likeness (QED) is 0.202. The molecular formula is C31H29ClFN6O3+. The predicted molar refractivity (Wildman–Crippen MR) is 158 cm³/mol. The third kappa shape index (κ3) is 3.96. The maximum atomic E-state index is 15.5. The number of benzene rings is 1. The maximum absolute atomic E-state index is 15.5. The van der Waals surface area contributed by atoms with Crippen LogP contribution in [0.5, 0.6) is 0 Å². The van der Waals surface area contributed by atoms with E-state index >= 15 is 4.39 Å². The Labute approximate surface area is 246 Å². The van der Waals surface area contributed by atoms with Crippen molar-refractivity contribution in [1.82, 2.24) is 19.4 Å². The van der Waals surface area contributed by atoms with Crippen molar-refractivity contribution < 1.29 is 18.5 Å². The molecular weight excluding hydrogens is 559 g/mol. The topological polar surface area (TPSA) is 92.3 Å². The predicted octanol–water partition coefficient (Wildman–Crippen LogP) is 4.18. The van der Waals surface area contributed by atoms with Crippen molar-refractivity contribution in [1.29, 1.82) is 0 Å². The Hall–Kier alpha value is -4.44. The van der Waals surface area contributed by atoms with Crippen LogP contribution in [-0.4, -0.2) is 56.8 Å². The van der Waals surface area contributed by atoms with Gasteiger partial charge >= 0.3 is 11.3 Å². The Kier molecular flexibility index (Phi) is 6.68. The van der Waals surface area contributed by atoms with Crippen LogP contribution in [0.15, 0.2) is 54.0 Å². The number of nitrogens with zero attached hydrogens (tertiary/aromatic N) is 6. The number of aldehydes is 1. The van der Waals surface area contributed by atoms with Crippen LogP contribution in [0.4, 0.5) is 10.2 Å². The van der Waals surface area contributed by atoms with E-state index in [1.807, 2.05) is 38.7 Å². The summed E-state index contributed by atoms with van der Waals surface area (Å²) in [6, 6.07) is 6.92. The second-order valence-electron chi connectivity index (χ2n) is 10.9. The molecule has 1 amide bonds. The molecule has 0 N–H and O–H groups in total. The van der Waals surface area contributed by atoms with E-state index in [1.54, 1.807) is 21.7 Å². The summed E-state index contributed by atoms with van der Waals surface area (Å²) in [5.41, 5.74) is 2.40. The van der Waals surface area contributed by atoms with Crippen LogP contribution in [0.2, 0.25) is 5.02 Å². The van der Waals surface area contributed by atoms with Gasteiger partial charge in [-0.1, -0.05) is 30.3 Å². The second kappa shape index (κ2) is 10.1. The highest BCUT2D eigenvalue weighted by Gasteiger charge is 2.41. The maximum Gasteiger partial charge on any atom is 0.442 e. The second-order valence-corrected chi connectivity index (χ2v) is 11.3. The summed E-state index contributed by atoms with van der Waals surface area (Å²) in [5, 5.41) is 0.768. The Morgan fingerprint density at radius 2 is 1.90 bits per heavy atom. The fourth-order valence-corrected chi connectivity index (χ4v) is 6.86. The first-order valence-corrected chi connectivity index (χ1v) is 14.1. The van der Waals surface area contributed by atoms with Crippen molar-refractivity contribution in [2.75, 3.05) is 18.0 Å². The van der Waals surface area contributed by atoms with Gasteiger partial charge in [0.25, 0.3) is 0 Å². The monoisotopic (exact) mass is 587 g/mol. The van der Waals surface area contributed by atoms with Crippen molar-refractivity contribution in [3.05, 3.63) is 87.3 Å². The van der Waals surface area contributed by atoms with E-state index in [1.165, 1.54) is 28.8 Å². The summed E-state index contributed by atoms with van der Waals surface area (Å²) >= 11 is 6.99. The fraction of sp³-hybridized carbons (Fsp3) is 0.290. The fourth-order valence-electron chi connectivity index (χ4n) is 6.57. The molecule has 5 heterocycles. The molecule has 11 heteroatoms. The lowest BCUT2D eigenvalue weighted by atomic mass is 9.99. The number of anilines is 1. The molecule has 0 spiro atoms. The number of hydrogen-bond donors (Lipinski definition) is 0. The van der Waals surface area contributed by atoms with Gasteiger partial charge in [0.15, 0.2) is 23.5 Å². The lowest BCUT2D eigenvalue weighted by Crippen LogP contribution is -2.59. The van der Waals surface area contributed by atoms with Crippen molar-refractivity contribution >= 4 is 40.6 Å². The Balaban J connectivity index is 1.71. The molecule has 0 bridgehead atoms. The number of halogens is 2. The first-order chi connectivity index (χ1) is 20.1. The molecule has 0 aliphatic carbocycles. The molecule has 1 saturated heterocycles. The standard InChI is InChI=1S/C31H29ClFN6O3/c1-6-24(41)37-17(3)13-36(14-18(37)4)29-21-12-22(32)28(25-20(15-40)8-7-9-23(25)33)38-19(5)26-27(16(2)10-11-34-26)39(30(21)38)31(42)35-29/h6-12,15,17-19H,1,13-14H2,2-5H3/q+1/t17-,18-,19?/m1/s1. The van der Waals surface area contributed by atoms with Crippen molar-refractivity contribution in [3.63, 3.8) is 0 Å². The molecule has 1 fully saturated rings. The van der Waals surface area contributed by atoms with Crippen LogP contribution in [-0.2, 0) is 4.79 Å². The number of rotatable bonds is 4. The molecule has 2 aliphatic rings. The average molecular weight is 588 g/mol. The summed E-state index contributed by atoms with van der Waals surface area (Å²) in [4.78, 5) is 51.5. The summed E-state index contributed by atoms with van der Waals surface area (Å²) in [6.07, 6.45) is 3.56. The molecule has 4 aromatic rings. The van der Waals surface area contributed by atoms with Crippen LogP contribution in [0.3, 0.4) is 0 Å². The molecule has 1 unspecified atom stereocenters. The van der Waals surface area contributed by atoms with Crippen molar-refractivity contribution in [3.8, 4) is 16.9 Å². The first kappa shape index (κ1) is 27.7. The van der Waals surface area contributed by atoms with Gasteiger partial charge in [0.1, 0.15) is 22.9 Å². The van der Waals surface area contributed by atoms with E-state index in [9.17, 15) is 14.4 Å². The molecule has 2 aliphatic heterocycles. The number of amides is 1. The van der Waals surface area contributed by atoms with Crippen LogP contribution in [0, 0.1) is 12.7 Å².